The molecule has 13 aromatic carbocycles. The number of aromatic nitrogens is 4. The first-order chi connectivity index (χ1) is 54.5. The number of allylic oxidation sites excluding steroid dienone is 10. The molecule has 4 aromatic heterocycles. The normalized spacial score (nSPS) is 13.6. The van der Waals surface area contributed by atoms with Crippen LogP contribution >= 0.6 is 0 Å². The lowest BCUT2D eigenvalue weighted by Crippen LogP contribution is -2.19. The smallest absolute Gasteiger partial charge is 0.106 e. The molecule has 0 bridgehead atoms. The Morgan fingerprint density at radius 2 is 0.718 bits per heavy atom. The van der Waals surface area contributed by atoms with Gasteiger partial charge in [-0.3, -0.25) is 9.13 Å². The third kappa shape index (κ3) is 10.3. The van der Waals surface area contributed by atoms with Gasteiger partial charge in [-0.05, 0) is 208 Å². The van der Waals surface area contributed by atoms with Crippen molar-refractivity contribution in [3.8, 4) is 90.5 Å². The zero-order valence-corrected chi connectivity index (χ0v) is 59.9. The first kappa shape index (κ1) is 63.6. The number of nitriles is 2. The molecule has 0 spiro atoms. The van der Waals surface area contributed by atoms with Crippen LogP contribution in [0, 0.1) is 46.9 Å². The highest BCUT2D eigenvalue weighted by atomic mass is 15.1. The molecule has 17 aromatic rings. The molecular formula is C104H64N6. The van der Waals surface area contributed by atoms with E-state index < -0.39 is 0 Å². The van der Waals surface area contributed by atoms with Crippen molar-refractivity contribution in [2.45, 2.75) is 38.5 Å². The summed E-state index contributed by atoms with van der Waals surface area (Å²) in [6.45, 7) is 0. The maximum atomic E-state index is 13.7. The minimum absolute atomic E-state index is 0.338. The summed E-state index contributed by atoms with van der Waals surface area (Å²) in [6.07, 6.45) is 22.1. The second-order valence-corrected chi connectivity index (χ2v) is 28.9. The third-order valence-electron chi connectivity index (χ3n) is 22.9. The van der Waals surface area contributed by atoms with Crippen molar-refractivity contribution in [3.05, 3.63) is 395 Å². The minimum atomic E-state index is 0.338. The fraction of sp³-hybridized carbons (Fsp3) is 0.0577. The molecule has 4 aliphatic carbocycles. The van der Waals surface area contributed by atoms with Crippen LogP contribution in [0.3, 0.4) is 0 Å². The van der Waals surface area contributed by atoms with Crippen LogP contribution in [-0.2, 0) is 12.8 Å². The van der Waals surface area contributed by atoms with Crippen LogP contribution in [0.4, 0.5) is 0 Å². The first-order valence-electron chi connectivity index (χ1n) is 37.7. The molecule has 4 aliphatic rings. The van der Waals surface area contributed by atoms with Crippen molar-refractivity contribution in [1.82, 2.24) is 18.3 Å². The highest BCUT2D eigenvalue weighted by molar-refractivity contribution is 6.15. The molecule has 110 heavy (non-hydrogen) atoms. The van der Waals surface area contributed by atoms with Crippen molar-refractivity contribution in [1.29, 1.82) is 10.5 Å². The molecule has 0 saturated carbocycles. The van der Waals surface area contributed by atoms with E-state index in [2.05, 4.69) is 357 Å². The molecule has 21 rings (SSSR count). The van der Waals surface area contributed by atoms with Crippen LogP contribution in [0.1, 0.15) is 70.5 Å². The molecule has 4 heterocycles. The van der Waals surface area contributed by atoms with E-state index in [4.69, 9.17) is 0 Å². The maximum absolute atomic E-state index is 13.7. The zero-order valence-electron chi connectivity index (χ0n) is 59.9. The second-order valence-electron chi connectivity index (χ2n) is 28.9. The SMILES string of the molecule is N#Cc1c(-n2c3c(c4cc(-c5ccccc5)ccc42)C=C(C2=CC=CCC2)CC3)c(-n2c3c#cc(C4=C=C=CC=C4)cc3c3cc(-c4ccccc4)ccc32)c(C#N)c(-n2c3c#cc(-c4ccccc4)cc3c3cc(-c4ccccc4)ccc32)c1-n1c2c(c3cc(-c4ccccc4)ccc31)C=C(c1ccccc1)CC2. The fourth-order valence-electron chi connectivity index (χ4n) is 17.8. The van der Waals surface area contributed by atoms with Crippen molar-refractivity contribution >= 4 is 88.7 Å². The van der Waals surface area contributed by atoms with E-state index in [9.17, 15) is 10.5 Å². The van der Waals surface area contributed by atoms with E-state index in [1.165, 1.54) is 16.7 Å². The van der Waals surface area contributed by atoms with Gasteiger partial charge in [0, 0.05) is 71.5 Å². The van der Waals surface area contributed by atoms with E-state index in [0.29, 0.717) is 64.2 Å². The van der Waals surface area contributed by atoms with Gasteiger partial charge in [0.2, 0.25) is 0 Å². The molecule has 0 aliphatic heterocycles. The monoisotopic (exact) mass is 1400 g/mol. The van der Waals surface area contributed by atoms with Gasteiger partial charge in [0.05, 0.1) is 44.8 Å². The predicted molar refractivity (Wildman–Crippen MR) is 450 cm³/mol. The van der Waals surface area contributed by atoms with Crippen molar-refractivity contribution in [2.24, 2.45) is 0 Å². The van der Waals surface area contributed by atoms with Gasteiger partial charge in [-0.1, -0.05) is 254 Å². The van der Waals surface area contributed by atoms with Gasteiger partial charge in [-0.15, -0.1) is 0 Å². The first-order valence-corrected chi connectivity index (χ1v) is 37.7. The maximum Gasteiger partial charge on any atom is 0.106 e. The third-order valence-corrected chi connectivity index (χ3v) is 22.9. The fourth-order valence-corrected chi connectivity index (χ4v) is 17.8. The number of benzene rings is 11. The molecule has 510 valence electrons. The van der Waals surface area contributed by atoms with E-state index in [-0.39, 0.29) is 0 Å². The zero-order chi connectivity index (χ0) is 72.9. The number of nitrogens with zero attached hydrogens (tertiary/aromatic N) is 6. The summed E-state index contributed by atoms with van der Waals surface area (Å²) in [6, 6.07) is 116. The number of rotatable bonds is 12. The lowest BCUT2D eigenvalue weighted by molar-refractivity contribution is 0.833. The van der Waals surface area contributed by atoms with Crippen LogP contribution < -0.4 is 0 Å². The van der Waals surface area contributed by atoms with Crippen molar-refractivity contribution < 1.29 is 0 Å². The molecule has 0 atom stereocenters. The number of hydrogen-bond donors (Lipinski definition) is 0. The number of hydrogen-bond acceptors (Lipinski definition) is 2. The molecular weight excluding hydrogens is 1330 g/mol. The van der Waals surface area contributed by atoms with Crippen LogP contribution in [0.25, 0.3) is 167 Å². The van der Waals surface area contributed by atoms with Gasteiger partial charge in [0.1, 0.15) is 34.3 Å². The summed E-state index contributed by atoms with van der Waals surface area (Å²) >= 11 is 0. The molecule has 0 N–H and O–H groups in total. The molecule has 0 fully saturated rings. The Kier molecular flexibility index (Phi) is 15.1. The summed E-state index contributed by atoms with van der Waals surface area (Å²) in [7, 11) is 0. The van der Waals surface area contributed by atoms with Gasteiger partial charge in [0.15, 0.2) is 0 Å². The Hall–Kier alpha value is -14.8. The van der Waals surface area contributed by atoms with Gasteiger partial charge in [-0.25, -0.2) is 0 Å². The summed E-state index contributed by atoms with van der Waals surface area (Å²) in [5.41, 5.74) is 35.6. The Labute approximate surface area is 637 Å². The van der Waals surface area contributed by atoms with Gasteiger partial charge >= 0.3 is 0 Å². The van der Waals surface area contributed by atoms with Gasteiger partial charge in [-0.2, -0.15) is 10.5 Å². The van der Waals surface area contributed by atoms with Crippen LogP contribution in [0.2, 0.25) is 0 Å². The summed E-state index contributed by atoms with van der Waals surface area (Å²) in [5.74, 6) is 0. The lowest BCUT2D eigenvalue weighted by atomic mass is 9.87. The second kappa shape index (κ2) is 26.0. The summed E-state index contributed by atoms with van der Waals surface area (Å²) in [5, 5.41) is 33.1. The Bertz CT molecular complexity index is 7020. The Morgan fingerprint density at radius 1 is 0.318 bits per heavy atom. The van der Waals surface area contributed by atoms with Crippen LogP contribution in [0.5, 0.6) is 0 Å². The number of fused-ring (bicyclic) bond motifs is 12. The topological polar surface area (TPSA) is 67.3 Å². The molecule has 0 radical (unpaired) electrons. The average molecular weight is 1400 g/mol. The Balaban J connectivity index is 0.991. The highest BCUT2D eigenvalue weighted by Crippen LogP contribution is 2.52. The van der Waals surface area contributed by atoms with E-state index in [0.717, 1.165) is 168 Å². The quantitative estimate of drug-likeness (QED) is 0.114. The van der Waals surface area contributed by atoms with E-state index >= 15 is 0 Å². The highest BCUT2D eigenvalue weighted by Gasteiger charge is 2.38. The predicted octanol–water partition coefficient (Wildman–Crippen LogP) is 25.4. The summed E-state index contributed by atoms with van der Waals surface area (Å²) in [4.78, 5) is 0. The van der Waals surface area contributed by atoms with Gasteiger partial charge in [0.25, 0.3) is 0 Å². The van der Waals surface area contributed by atoms with E-state index in [1.807, 2.05) is 24.3 Å². The molecule has 6 heteroatoms. The average Bonchev–Trinajstić information content (AvgIpc) is 1.49. The van der Waals surface area contributed by atoms with Crippen LogP contribution in [-0.4, -0.2) is 18.3 Å². The van der Waals surface area contributed by atoms with Crippen molar-refractivity contribution in [3.63, 3.8) is 0 Å². The Morgan fingerprint density at radius 3 is 1.15 bits per heavy atom. The van der Waals surface area contributed by atoms with E-state index in [1.54, 1.807) is 0 Å². The molecule has 0 unspecified atom stereocenters. The van der Waals surface area contributed by atoms with Gasteiger partial charge < -0.3 is 9.13 Å². The minimum Gasteiger partial charge on any atom is -0.310 e. The molecule has 0 saturated heterocycles. The lowest BCUT2D eigenvalue weighted by Gasteiger charge is -2.28. The largest absolute Gasteiger partial charge is 0.310 e. The van der Waals surface area contributed by atoms with Crippen LogP contribution in [0.15, 0.2) is 326 Å². The standard InChI is InChI=1S/C104H64N6/c105-65-91-101(107-93-49-41-75(67-25-9-1-10-26-67)57-83(93)84-58-76(42-50-94(84)107)68-27-11-2-12-28-68)102(108-95-51-43-77(69-29-13-3-14-30-69)59-85(95)86-60-78(44-52-96(86)108)70-31-15-4-16-32-70)92(66-106)104(110-99-55-47-81(73-37-21-7-22-38-73)63-89(99)90-64-82(48-56-100(90)110)74-39-23-8-24-40-74)103(91)109-97-53-45-79(71-33-17-5-18-34-71)61-87(97)88-62-80(46-54-98(88)109)72-35-19-6-20-36-72/h1-19,21-23,25-35,37-39,41,43,45,47,49,51,53,55,57-64H,20,36,42,46,50,54H2. The molecule has 0 amide bonds. The summed E-state index contributed by atoms with van der Waals surface area (Å²) < 4.78 is 9.29. The van der Waals surface area contributed by atoms with Crippen molar-refractivity contribution in [2.75, 3.05) is 0 Å². The molecule has 6 nitrogen and oxygen atoms in total.